The Morgan fingerprint density at radius 3 is 2.52 bits per heavy atom. The molecule has 1 N–H and O–H groups in total. The van der Waals surface area contributed by atoms with Gasteiger partial charge in [0.2, 0.25) is 5.91 Å². The normalized spacial score (nSPS) is 20.6. The fourth-order valence-electron chi connectivity index (χ4n) is 4.16. The van der Waals surface area contributed by atoms with E-state index < -0.39 is 12.1 Å². The Labute approximate surface area is 169 Å². The van der Waals surface area contributed by atoms with E-state index in [0.717, 1.165) is 22.3 Å². The topological polar surface area (TPSA) is 77.2 Å². The van der Waals surface area contributed by atoms with Gasteiger partial charge in [-0.05, 0) is 28.3 Å². The third-order valence-corrected chi connectivity index (χ3v) is 5.50. The zero-order chi connectivity index (χ0) is 20.2. The predicted octanol–water partition coefficient (Wildman–Crippen LogP) is 3.17. The van der Waals surface area contributed by atoms with Crippen molar-refractivity contribution in [1.82, 2.24) is 9.88 Å². The van der Waals surface area contributed by atoms with Crippen molar-refractivity contribution in [1.29, 1.82) is 5.26 Å². The van der Waals surface area contributed by atoms with Gasteiger partial charge in [0.15, 0.2) is 0 Å². The third kappa shape index (κ3) is 3.51. The van der Waals surface area contributed by atoms with Gasteiger partial charge in [0.1, 0.15) is 6.04 Å². The highest BCUT2D eigenvalue weighted by molar-refractivity contribution is 5.82. The first-order chi connectivity index (χ1) is 14.2. The Morgan fingerprint density at radius 2 is 1.83 bits per heavy atom. The molecule has 2 heterocycles. The average molecular weight is 383 g/mol. The van der Waals surface area contributed by atoms with Crippen LogP contribution in [0, 0.1) is 11.3 Å². The van der Waals surface area contributed by atoms with Crippen LogP contribution in [0.4, 0.5) is 0 Å². The van der Waals surface area contributed by atoms with Crippen molar-refractivity contribution >= 4 is 5.91 Å². The molecular formula is C24H21N3O2. The maximum absolute atomic E-state index is 12.9. The maximum atomic E-state index is 12.9. The van der Waals surface area contributed by atoms with Gasteiger partial charge in [-0.25, -0.2) is 0 Å². The summed E-state index contributed by atoms with van der Waals surface area (Å²) in [6.07, 6.45) is 3.47. The second-order valence-electron chi connectivity index (χ2n) is 7.14. The number of carbonyl (C=O) groups excluding carboxylic acids is 1. The number of likely N-dealkylation sites (tertiary alicyclic amines) is 1. The van der Waals surface area contributed by atoms with E-state index in [1.54, 1.807) is 18.5 Å². The van der Waals surface area contributed by atoms with Gasteiger partial charge >= 0.3 is 0 Å². The fourth-order valence-corrected chi connectivity index (χ4v) is 4.16. The van der Waals surface area contributed by atoms with Crippen molar-refractivity contribution in [3.63, 3.8) is 0 Å². The quantitative estimate of drug-likeness (QED) is 0.734. The molecule has 144 valence electrons. The molecule has 4 rings (SSSR count). The highest BCUT2D eigenvalue weighted by atomic mass is 16.3. The van der Waals surface area contributed by atoms with Crippen LogP contribution in [0.5, 0.6) is 0 Å². The summed E-state index contributed by atoms with van der Waals surface area (Å²) in [7, 11) is 0. The number of nitriles is 1. The molecule has 0 bridgehead atoms. The Morgan fingerprint density at radius 1 is 1.07 bits per heavy atom. The lowest BCUT2D eigenvalue weighted by Crippen LogP contribution is -2.65. The van der Waals surface area contributed by atoms with Crippen LogP contribution in [0.1, 0.15) is 17.0 Å². The van der Waals surface area contributed by atoms with E-state index in [-0.39, 0.29) is 24.9 Å². The molecular weight excluding hydrogens is 362 g/mol. The molecule has 2 aromatic carbocycles. The molecule has 5 nitrogen and oxygen atoms in total. The molecule has 0 radical (unpaired) electrons. The van der Waals surface area contributed by atoms with Gasteiger partial charge in [-0.2, -0.15) is 5.26 Å². The molecule has 5 heteroatoms. The second kappa shape index (κ2) is 8.26. The van der Waals surface area contributed by atoms with Gasteiger partial charge in [-0.3, -0.25) is 9.78 Å². The van der Waals surface area contributed by atoms with Gasteiger partial charge in [0, 0.05) is 18.3 Å². The van der Waals surface area contributed by atoms with Crippen molar-refractivity contribution in [3.05, 3.63) is 90.3 Å². The minimum absolute atomic E-state index is 0.162. The summed E-state index contributed by atoms with van der Waals surface area (Å²) in [5, 5.41) is 19.9. The second-order valence-corrected chi connectivity index (χ2v) is 7.14. The number of hydrogen-bond donors (Lipinski definition) is 1. The molecule has 0 aliphatic carbocycles. The number of nitrogens with zero attached hydrogens (tertiary/aromatic N) is 3. The van der Waals surface area contributed by atoms with Crippen LogP contribution in [0.25, 0.3) is 11.1 Å². The summed E-state index contributed by atoms with van der Waals surface area (Å²) < 4.78 is 0. The number of rotatable bonds is 5. The first-order valence-electron chi connectivity index (χ1n) is 9.59. The number of hydrogen-bond acceptors (Lipinski definition) is 4. The Hall–Kier alpha value is -3.49. The van der Waals surface area contributed by atoms with Crippen LogP contribution < -0.4 is 0 Å². The smallest absolute Gasteiger partial charge is 0.228 e. The zero-order valence-electron chi connectivity index (χ0n) is 15.8. The van der Waals surface area contributed by atoms with Gasteiger partial charge in [-0.15, -0.1) is 0 Å². The lowest BCUT2D eigenvalue weighted by atomic mass is 9.73. The third-order valence-electron chi connectivity index (χ3n) is 5.50. The van der Waals surface area contributed by atoms with Crippen LogP contribution in [0.15, 0.2) is 79.1 Å². The zero-order valence-corrected chi connectivity index (χ0v) is 15.8. The maximum Gasteiger partial charge on any atom is 0.228 e. The summed E-state index contributed by atoms with van der Waals surface area (Å²) >= 11 is 0. The van der Waals surface area contributed by atoms with E-state index in [1.165, 1.54) is 4.90 Å². The van der Waals surface area contributed by atoms with Crippen molar-refractivity contribution < 1.29 is 9.90 Å². The van der Waals surface area contributed by atoms with E-state index in [0.29, 0.717) is 0 Å². The standard InChI is InChI=1S/C24H21N3O2/c25-14-21-24(20-11-5-4-10-19(20)18-8-2-1-3-9-18)22(16-28)27(21)23(29)13-17-7-6-12-26-15-17/h1-12,15,21-22,24,28H,13,16H2/t21-,22+,24+/m1/s1. The molecule has 1 aliphatic heterocycles. The van der Waals surface area contributed by atoms with Crippen LogP contribution >= 0.6 is 0 Å². The van der Waals surface area contributed by atoms with Crippen molar-refractivity contribution in [2.24, 2.45) is 0 Å². The first kappa shape index (κ1) is 18.9. The highest BCUT2D eigenvalue weighted by Gasteiger charge is 2.52. The minimum atomic E-state index is -0.610. The van der Waals surface area contributed by atoms with E-state index >= 15 is 0 Å². The molecule has 29 heavy (non-hydrogen) atoms. The molecule has 0 spiro atoms. The average Bonchev–Trinajstić information content (AvgIpc) is 2.75. The SMILES string of the molecule is N#C[C@@H]1[C@H](c2ccccc2-c2ccccc2)[C@H](CO)N1C(=O)Cc1cccnc1. The molecule has 1 aromatic heterocycles. The Bertz CT molecular complexity index is 1030. The summed E-state index contributed by atoms with van der Waals surface area (Å²) in [6.45, 7) is -0.190. The van der Waals surface area contributed by atoms with Gasteiger partial charge in [0.25, 0.3) is 0 Å². The van der Waals surface area contributed by atoms with E-state index in [4.69, 9.17) is 0 Å². The Balaban J connectivity index is 1.65. The fraction of sp³-hybridized carbons (Fsp3) is 0.208. The van der Waals surface area contributed by atoms with Crippen molar-refractivity contribution in [3.8, 4) is 17.2 Å². The van der Waals surface area contributed by atoms with Gasteiger partial charge < -0.3 is 10.0 Å². The summed E-state index contributed by atoms with van der Waals surface area (Å²) in [4.78, 5) is 18.5. The molecule has 0 saturated carbocycles. The number of benzene rings is 2. The lowest BCUT2D eigenvalue weighted by molar-refractivity contribution is -0.146. The number of carbonyl (C=O) groups is 1. The van der Waals surface area contributed by atoms with E-state index in [9.17, 15) is 15.2 Å². The molecule has 3 atom stereocenters. The Kier molecular flexibility index (Phi) is 5.37. The number of pyridine rings is 1. The highest BCUT2D eigenvalue weighted by Crippen LogP contribution is 2.44. The molecule has 1 amide bonds. The summed E-state index contributed by atoms with van der Waals surface area (Å²) in [5.74, 6) is -0.406. The monoisotopic (exact) mass is 383 g/mol. The van der Waals surface area contributed by atoms with Crippen LogP contribution in [0.3, 0.4) is 0 Å². The molecule has 1 fully saturated rings. The van der Waals surface area contributed by atoms with Gasteiger partial charge in [-0.1, -0.05) is 60.7 Å². The van der Waals surface area contributed by atoms with Crippen molar-refractivity contribution in [2.45, 2.75) is 24.4 Å². The number of aromatic nitrogens is 1. The van der Waals surface area contributed by atoms with Crippen molar-refractivity contribution in [2.75, 3.05) is 6.61 Å². The minimum Gasteiger partial charge on any atom is -0.394 e. The number of amides is 1. The van der Waals surface area contributed by atoms with Crippen LogP contribution in [0.2, 0.25) is 0 Å². The lowest BCUT2D eigenvalue weighted by Gasteiger charge is -2.52. The van der Waals surface area contributed by atoms with Crippen LogP contribution in [-0.2, 0) is 11.2 Å². The van der Waals surface area contributed by atoms with E-state index in [1.807, 2.05) is 60.7 Å². The molecule has 1 aliphatic rings. The van der Waals surface area contributed by atoms with Crippen LogP contribution in [-0.4, -0.2) is 39.6 Å². The molecule has 3 aromatic rings. The summed E-state index contributed by atoms with van der Waals surface area (Å²) in [6, 6.07) is 22.7. The molecule has 1 saturated heterocycles. The first-order valence-corrected chi connectivity index (χ1v) is 9.59. The predicted molar refractivity (Wildman–Crippen MR) is 110 cm³/mol. The summed E-state index contributed by atoms with van der Waals surface area (Å²) in [5.41, 5.74) is 3.85. The van der Waals surface area contributed by atoms with Gasteiger partial charge in [0.05, 0.1) is 25.1 Å². The van der Waals surface area contributed by atoms with E-state index in [2.05, 4.69) is 11.1 Å². The number of aliphatic hydroxyl groups excluding tert-OH is 1. The molecule has 0 unspecified atom stereocenters. The number of aliphatic hydroxyl groups is 1. The largest absolute Gasteiger partial charge is 0.394 e.